The molecule has 0 saturated carbocycles. The van der Waals surface area contributed by atoms with Crippen molar-refractivity contribution in [2.24, 2.45) is 0 Å². The van der Waals surface area contributed by atoms with Gasteiger partial charge in [0.05, 0.1) is 11.9 Å². The number of carbonyl (C=O) groups excluding carboxylic acids is 1. The zero-order valence-electron chi connectivity index (χ0n) is 8.60. The minimum Gasteiger partial charge on any atom is -0.396 e. The highest BCUT2D eigenvalue weighted by Gasteiger charge is 2.06. The first-order chi connectivity index (χ1) is 7.22. The van der Waals surface area contributed by atoms with Gasteiger partial charge in [0, 0.05) is 18.8 Å². The summed E-state index contributed by atoms with van der Waals surface area (Å²) in [6, 6.07) is 3.16. The molecule has 82 valence electrons. The number of hydrogen-bond acceptors (Lipinski definition) is 3. The summed E-state index contributed by atoms with van der Waals surface area (Å²) in [7, 11) is 0. The van der Waals surface area contributed by atoms with E-state index in [0.717, 1.165) is 0 Å². The molecular weight excluding hydrogens is 194 g/mol. The normalized spacial score (nSPS) is 11.9. The molecule has 0 radical (unpaired) electrons. The van der Waals surface area contributed by atoms with E-state index in [2.05, 4.69) is 15.6 Å². The largest absolute Gasteiger partial charge is 0.396 e. The molecule has 1 aromatic rings. The van der Waals surface area contributed by atoms with Crippen LogP contribution < -0.4 is 10.6 Å². The van der Waals surface area contributed by atoms with Gasteiger partial charge in [0.25, 0.3) is 0 Å². The van der Waals surface area contributed by atoms with Gasteiger partial charge in [0.2, 0.25) is 0 Å². The van der Waals surface area contributed by atoms with Crippen molar-refractivity contribution in [3.63, 3.8) is 0 Å². The van der Waals surface area contributed by atoms with Crippen molar-refractivity contribution < 1.29 is 9.90 Å². The summed E-state index contributed by atoms with van der Waals surface area (Å²) in [6.45, 7) is 1.90. The van der Waals surface area contributed by atoms with Crippen LogP contribution in [-0.2, 0) is 0 Å². The van der Waals surface area contributed by atoms with Crippen LogP contribution in [0.3, 0.4) is 0 Å². The fraction of sp³-hybridized carbons (Fsp3) is 0.400. The van der Waals surface area contributed by atoms with Gasteiger partial charge in [-0.15, -0.1) is 0 Å². The quantitative estimate of drug-likeness (QED) is 0.691. The lowest BCUT2D eigenvalue weighted by Gasteiger charge is -2.12. The number of aromatic nitrogens is 1. The fourth-order valence-corrected chi connectivity index (χ4v) is 1.09. The van der Waals surface area contributed by atoms with Crippen LogP contribution in [0.25, 0.3) is 0 Å². The van der Waals surface area contributed by atoms with Crippen molar-refractivity contribution in [1.29, 1.82) is 0 Å². The number of aliphatic hydroxyl groups is 1. The second kappa shape index (κ2) is 5.98. The van der Waals surface area contributed by atoms with Crippen LogP contribution in [0, 0.1) is 0 Å². The molecule has 1 rings (SSSR count). The van der Waals surface area contributed by atoms with Gasteiger partial charge in [0.1, 0.15) is 0 Å². The fourth-order valence-electron chi connectivity index (χ4n) is 1.09. The third kappa shape index (κ3) is 4.42. The molecule has 0 aromatic carbocycles. The van der Waals surface area contributed by atoms with Crippen LogP contribution >= 0.6 is 0 Å². The third-order valence-corrected chi connectivity index (χ3v) is 1.86. The number of amides is 2. The molecule has 0 fully saturated rings. The van der Waals surface area contributed by atoms with Gasteiger partial charge in [-0.25, -0.2) is 4.79 Å². The maximum Gasteiger partial charge on any atom is 0.319 e. The van der Waals surface area contributed by atoms with E-state index in [0.29, 0.717) is 12.1 Å². The van der Waals surface area contributed by atoms with Crippen molar-refractivity contribution in [2.45, 2.75) is 19.4 Å². The summed E-state index contributed by atoms with van der Waals surface area (Å²) < 4.78 is 0. The van der Waals surface area contributed by atoms with E-state index >= 15 is 0 Å². The van der Waals surface area contributed by atoms with E-state index in [1.165, 1.54) is 0 Å². The lowest BCUT2D eigenvalue weighted by molar-refractivity contribution is 0.241. The van der Waals surface area contributed by atoms with Crippen molar-refractivity contribution in [3.8, 4) is 0 Å². The minimum absolute atomic E-state index is 0.0494. The number of urea groups is 1. The van der Waals surface area contributed by atoms with Crippen molar-refractivity contribution in [3.05, 3.63) is 24.5 Å². The summed E-state index contributed by atoms with van der Waals surface area (Å²) in [5.41, 5.74) is 0.645. The summed E-state index contributed by atoms with van der Waals surface area (Å²) in [5, 5.41) is 14.0. The SMILES string of the molecule is C[C@H](CCO)NC(=O)Nc1cccnc1. The Morgan fingerprint density at radius 1 is 1.67 bits per heavy atom. The standard InChI is InChI=1S/C10H15N3O2/c1-8(4-6-14)12-10(15)13-9-3-2-5-11-7-9/h2-3,5,7-8,14H,4,6H2,1H3,(H2,12,13,15)/t8-/m1/s1. The molecule has 1 heterocycles. The monoisotopic (exact) mass is 209 g/mol. The number of anilines is 1. The van der Waals surface area contributed by atoms with Crippen molar-refractivity contribution in [1.82, 2.24) is 10.3 Å². The summed E-state index contributed by atoms with van der Waals surface area (Å²) in [4.78, 5) is 15.2. The van der Waals surface area contributed by atoms with E-state index in [1.54, 1.807) is 24.5 Å². The van der Waals surface area contributed by atoms with E-state index in [-0.39, 0.29) is 18.7 Å². The van der Waals surface area contributed by atoms with Gasteiger partial charge in [-0.05, 0) is 25.5 Å². The Morgan fingerprint density at radius 2 is 2.47 bits per heavy atom. The first kappa shape index (κ1) is 11.5. The second-order valence-corrected chi connectivity index (χ2v) is 3.25. The molecule has 0 bridgehead atoms. The Balaban J connectivity index is 2.36. The van der Waals surface area contributed by atoms with Crippen LogP contribution in [0.1, 0.15) is 13.3 Å². The highest BCUT2D eigenvalue weighted by Crippen LogP contribution is 2.02. The van der Waals surface area contributed by atoms with Gasteiger partial charge in [-0.3, -0.25) is 4.98 Å². The zero-order chi connectivity index (χ0) is 11.1. The molecule has 1 aromatic heterocycles. The van der Waals surface area contributed by atoms with Gasteiger partial charge >= 0.3 is 6.03 Å². The summed E-state index contributed by atoms with van der Waals surface area (Å²) in [5.74, 6) is 0. The van der Waals surface area contributed by atoms with Gasteiger partial charge in [0.15, 0.2) is 0 Å². The Labute approximate surface area is 88.5 Å². The molecule has 0 spiro atoms. The van der Waals surface area contributed by atoms with E-state index < -0.39 is 0 Å². The molecule has 3 N–H and O–H groups in total. The second-order valence-electron chi connectivity index (χ2n) is 3.25. The number of carbonyl (C=O) groups is 1. The number of hydrogen-bond donors (Lipinski definition) is 3. The summed E-state index contributed by atoms with van der Waals surface area (Å²) in [6.07, 6.45) is 3.74. The maximum atomic E-state index is 11.4. The highest BCUT2D eigenvalue weighted by molar-refractivity contribution is 5.89. The number of nitrogens with zero attached hydrogens (tertiary/aromatic N) is 1. The van der Waals surface area contributed by atoms with Crippen LogP contribution in [-0.4, -0.2) is 28.8 Å². The average molecular weight is 209 g/mol. The predicted molar refractivity (Wildman–Crippen MR) is 57.6 cm³/mol. The van der Waals surface area contributed by atoms with Crippen LogP contribution in [0.15, 0.2) is 24.5 Å². The lowest BCUT2D eigenvalue weighted by atomic mass is 10.2. The Kier molecular flexibility index (Phi) is 4.56. The summed E-state index contributed by atoms with van der Waals surface area (Å²) >= 11 is 0. The number of pyridine rings is 1. The van der Waals surface area contributed by atoms with Gasteiger partial charge in [-0.2, -0.15) is 0 Å². The molecule has 5 heteroatoms. The minimum atomic E-state index is -0.288. The van der Waals surface area contributed by atoms with E-state index in [9.17, 15) is 4.79 Å². The molecule has 0 aliphatic heterocycles. The molecule has 5 nitrogen and oxygen atoms in total. The molecule has 2 amide bonds. The number of nitrogens with one attached hydrogen (secondary N) is 2. The molecule has 0 aliphatic rings. The van der Waals surface area contributed by atoms with Gasteiger partial charge < -0.3 is 15.7 Å². The van der Waals surface area contributed by atoms with Crippen molar-refractivity contribution in [2.75, 3.05) is 11.9 Å². The van der Waals surface area contributed by atoms with Crippen LogP contribution in [0.2, 0.25) is 0 Å². The molecule has 1 atom stereocenters. The number of rotatable bonds is 4. The van der Waals surface area contributed by atoms with E-state index in [1.807, 2.05) is 6.92 Å². The maximum absolute atomic E-state index is 11.4. The molecule has 15 heavy (non-hydrogen) atoms. The zero-order valence-corrected chi connectivity index (χ0v) is 8.60. The molecule has 0 saturated heterocycles. The molecule has 0 unspecified atom stereocenters. The first-order valence-electron chi connectivity index (χ1n) is 4.81. The molecule has 0 aliphatic carbocycles. The number of aliphatic hydroxyl groups excluding tert-OH is 1. The van der Waals surface area contributed by atoms with Crippen LogP contribution in [0.4, 0.5) is 10.5 Å². The first-order valence-corrected chi connectivity index (χ1v) is 4.81. The lowest BCUT2D eigenvalue weighted by Crippen LogP contribution is -2.36. The van der Waals surface area contributed by atoms with Gasteiger partial charge in [-0.1, -0.05) is 0 Å². The predicted octanol–water partition coefficient (Wildman–Crippen LogP) is 0.974. The Hall–Kier alpha value is -1.62. The Morgan fingerprint density at radius 3 is 3.07 bits per heavy atom. The third-order valence-electron chi connectivity index (χ3n) is 1.86. The highest BCUT2D eigenvalue weighted by atomic mass is 16.3. The van der Waals surface area contributed by atoms with Crippen molar-refractivity contribution >= 4 is 11.7 Å². The average Bonchev–Trinajstić information content (AvgIpc) is 2.19. The Bertz CT molecular complexity index is 303. The van der Waals surface area contributed by atoms with Crippen LogP contribution in [0.5, 0.6) is 0 Å². The smallest absolute Gasteiger partial charge is 0.319 e. The van der Waals surface area contributed by atoms with E-state index in [4.69, 9.17) is 5.11 Å². The molecular formula is C10H15N3O2. The topological polar surface area (TPSA) is 74.2 Å².